The lowest BCUT2D eigenvalue weighted by Gasteiger charge is -2.33. The number of carbonyl (C=O) groups excluding carboxylic acids is 1. The van der Waals surface area contributed by atoms with Gasteiger partial charge in [0.1, 0.15) is 11.6 Å². The molecule has 8 heteroatoms. The zero-order valence-electron chi connectivity index (χ0n) is 20.4. The van der Waals surface area contributed by atoms with Gasteiger partial charge in [-0.15, -0.1) is 0 Å². The summed E-state index contributed by atoms with van der Waals surface area (Å²) >= 11 is 6.09. The minimum Gasteiger partial charge on any atom is -0.314 e. The van der Waals surface area contributed by atoms with E-state index >= 15 is 0 Å². The van der Waals surface area contributed by atoms with Crippen molar-refractivity contribution < 1.29 is 9.18 Å². The molecule has 1 atom stereocenters. The molecule has 36 heavy (non-hydrogen) atoms. The van der Waals surface area contributed by atoms with Crippen LogP contribution in [0, 0.1) is 11.7 Å². The van der Waals surface area contributed by atoms with E-state index in [2.05, 4.69) is 5.32 Å². The third kappa shape index (κ3) is 5.26. The third-order valence-electron chi connectivity index (χ3n) is 5.87. The van der Waals surface area contributed by atoms with Gasteiger partial charge in [0.05, 0.1) is 27.7 Å². The van der Waals surface area contributed by atoms with Gasteiger partial charge in [0.15, 0.2) is 0 Å². The van der Waals surface area contributed by atoms with E-state index in [-0.39, 0.29) is 22.5 Å². The molecule has 0 spiro atoms. The summed E-state index contributed by atoms with van der Waals surface area (Å²) in [5.41, 5.74) is 1.25. The molecule has 0 bridgehead atoms. The molecule has 1 aromatic heterocycles. The van der Waals surface area contributed by atoms with Crippen LogP contribution in [0.1, 0.15) is 39.1 Å². The lowest BCUT2D eigenvalue weighted by Crippen LogP contribution is -2.42. The lowest BCUT2D eigenvalue weighted by atomic mass is 10.1. The van der Waals surface area contributed by atoms with E-state index in [1.807, 2.05) is 57.2 Å². The molecule has 6 nitrogen and oxygen atoms in total. The van der Waals surface area contributed by atoms with E-state index in [1.54, 1.807) is 23.1 Å². The first-order valence-corrected chi connectivity index (χ1v) is 12.3. The third-order valence-corrected chi connectivity index (χ3v) is 6.16. The van der Waals surface area contributed by atoms with E-state index in [9.17, 15) is 14.0 Å². The first-order valence-electron chi connectivity index (χ1n) is 11.9. The summed E-state index contributed by atoms with van der Waals surface area (Å²) in [7, 11) is 0. The van der Waals surface area contributed by atoms with E-state index in [4.69, 9.17) is 16.6 Å². The fourth-order valence-corrected chi connectivity index (χ4v) is 4.43. The number of anilines is 1. The van der Waals surface area contributed by atoms with Crippen molar-refractivity contribution in [1.29, 1.82) is 0 Å². The maximum atomic E-state index is 14.0. The van der Waals surface area contributed by atoms with Gasteiger partial charge in [-0.05, 0) is 54.8 Å². The summed E-state index contributed by atoms with van der Waals surface area (Å²) in [5.74, 6) is -0.0475. The first kappa shape index (κ1) is 25.4. The number of amides is 2. The second-order valence-electron chi connectivity index (χ2n) is 8.99. The normalized spacial score (nSPS) is 12.1. The molecule has 0 saturated heterocycles. The van der Waals surface area contributed by atoms with Crippen molar-refractivity contribution in [3.8, 4) is 5.69 Å². The van der Waals surface area contributed by atoms with Gasteiger partial charge in [-0.3, -0.25) is 9.36 Å². The van der Waals surface area contributed by atoms with Crippen LogP contribution in [0.15, 0.2) is 77.6 Å². The number of hydrogen-bond donors (Lipinski definition) is 1. The maximum Gasteiger partial charge on any atom is 0.322 e. The highest BCUT2D eigenvalue weighted by atomic mass is 35.5. The Labute approximate surface area is 214 Å². The quantitative estimate of drug-likeness (QED) is 0.299. The van der Waals surface area contributed by atoms with E-state index in [0.29, 0.717) is 41.1 Å². The van der Waals surface area contributed by atoms with Crippen molar-refractivity contribution in [2.24, 2.45) is 5.92 Å². The van der Waals surface area contributed by atoms with Crippen LogP contribution >= 0.6 is 11.6 Å². The number of urea groups is 1. The van der Waals surface area contributed by atoms with Gasteiger partial charge >= 0.3 is 6.03 Å². The van der Waals surface area contributed by atoms with E-state index in [0.717, 1.165) is 0 Å². The highest BCUT2D eigenvalue weighted by Gasteiger charge is 2.30. The smallest absolute Gasteiger partial charge is 0.314 e. The monoisotopic (exact) mass is 506 g/mol. The molecule has 0 aliphatic heterocycles. The second-order valence-corrected chi connectivity index (χ2v) is 9.40. The molecular weight excluding hydrogens is 479 g/mol. The molecule has 1 unspecified atom stereocenters. The zero-order chi connectivity index (χ0) is 25.8. The molecule has 2 amide bonds. The Morgan fingerprint density at radius 3 is 2.44 bits per heavy atom. The van der Waals surface area contributed by atoms with Gasteiger partial charge in [0, 0.05) is 12.2 Å². The molecule has 3 aromatic carbocycles. The van der Waals surface area contributed by atoms with Crippen LogP contribution in [-0.4, -0.2) is 27.0 Å². The Kier molecular flexibility index (Phi) is 7.70. The summed E-state index contributed by atoms with van der Waals surface area (Å²) in [6.45, 7) is 6.42. The highest BCUT2D eigenvalue weighted by molar-refractivity contribution is 6.30. The fraction of sp³-hybridized carbons (Fsp3) is 0.250. The van der Waals surface area contributed by atoms with Gasteiger partial charge in [0.2, 0.25) is 0 Å². The van der Waals surface area contributed by atoms with Gasteiger partial charge < -0.3 is 10.2 Å². The largest absolute Gasteiger partial charge is 0.322 e. The van der Waals surface area contributed by atoms with Crippen LogP contribution in [0.4, 0.5) is 14.9 Å². The van der Waals surface area contributed by atoms with Gasteiger partial charge in [-0.1, -0.05) is 62.7 Å². The van der Waals surface area contributed by atoms with Crippen LogP contribution in [0.25, 0.3) is 16.6 Å². The average molecular weight is 507 g/mol. The maximum absolute atomic E-state index is 14.0. The van der Waals surface area contributed by atoms with Crippen LogP contribution in [0.3, 0.4) is 0 Å². The van der Waals surface area contributed by atoms with Crippen molar-refractivity contribution in [3.05, 3.63) is 99.8 Å². The number of hydrogen-bond acceptors (Lipinski definition) is 3. The average Bonchev–Trinajstić information content (AvgIpc) is 2.86. The highest BCUT2D eigenvalue weighted by Crippen LogP contribution is 2.29. The first-order chi connectivity index (χ1) is 17.3. The molecule has 0 radical (unpaired) electrons. The van der Waals surface area contributed by atoms with Gasteiger partial charge in [0.25, 0.3) is 5.56 Å². The zero-order valence-corrected chi connectivity index (χ0v) is 21.2. The Bertz CT molecular complexity index is 1440. The summed E-state index contributed by atoms with van der Waals surface area (Å²) < 4.78 is 15.4. The van der Waals surface area contributed by atoms with Crippen LogP contribution in [0.5, 0.6) is 0 Å². The topological polar surface area (TPSA) is 67.2 Å². The van der Waals surface area contributed by atoms with Crippen LogP contribution in [-0.2, 0) is 0 Å². The fourth-order valence-electron chi connectivity index (χ4n) is 4.25. The van der Waals surface area contributed by atoms with E-state index in [1.165, 1.54) is 22.8 Å². The molecule has 0 aliphatic rings. The van der Waals surface area contributed by atoms with Crippen LogP contribution in [0.2, 0.25) is 5.02 Å². The minimum atomic E-state index is -0.584. The number of nitrogens with one attached hydrogen (secondary N) is 1. The van der Waals surface area contributed by atoms with E-state index < -0.39 is 11.9 Å². The molecule has 0 fully saturated rings. The van der Waals surface area contributed by atoms with Crippen LogP contribution < -0.4 is 10.9 Å². The Hall–Kier alpha value is -3.71. The minimum absolute atomic E-state index is 0.104. The number of para-hydroxylation sites is 2. The predicted octanol–water partition coefficient (Wildman–Crippen LogP) is 6.82. The standard InChI is InChI=1S/C28H28ClFN4O2/c1-4-25(33(17-18(2)3)28(36)31-19-10-6-5-7-11-19)26-32-24-13-9-8-12-21(24)27(35)34(26)20-14-15-23(30)22(29)16-20/h5-16,18,25H,4,17H2,1-3H3,(H,31,36). The molecular formula is C28H28ClFN4O2. The number of carbonyl (C=O) groups is 1. The van der Waals surface area contributed by atoms with Gasteiger partial charge in [-0.25, -0.2) is 14.2 Å². The Morgan fingerprint density at radius 1 is 1.08 bits per heavy atom. The summed E-state index contributed by atoms with van der Waals surface area (Å²) in [4.78, 5) is 33.8. The Balaban J connectivity index is 1.91. The number of aromatic nitrogens is 2. The van der Waals surface area contributed by atoms with Crippen molar-refractivity contribution in [2.45, 2.75) is 33.2 Å². The Morgan fingerprint density at radius 2 is 1.78 bits per heavy atom. The SMILES string of the molecule is CCC(c1nc2ccccc2c(=O)n1-c1ccc(F)c(Cl)c1)N(CC(C)C)C(=O)Nc1ccccc1. The van der Waals surface area contributed by atoms with Crippen molar-refractivity contribution in [2.75, 3.05) is 11.9 Å². The predicted molar refractivity (Wildman–Crippen MR) is 142 cm³/mol. The molecule has 4 aromatic rings. The number of benzene rings is 3. The molecule has 0 aliphatic carbocycles. The number of fused-ring (bicyclic) bond motifs is 1. The summed E-state index contributed by atoms with van der Waals surface area (Å²) in [6, 6.07) is 19.5. The molecule has 186 valence electrons. The number of nitrogens with zero attached hydrogens (tertiary/aromatic N) is 3. The van der Waals surface area contributed by atoms with Crippen molar-refractivity contribution in [3.63, 3.8) is 0 Å². The molecule has 4 rings (SSSR count). The number of rotatable bonds is 7. The van der Waals surface area contributed by atoms with Crippen molar-refractivity contribution in [1.82, 2.24) is 14.5 Å². The van der Waals surface area contributed by atoms with Crippen molar-refractivity contribution >= 4 is 34.2 Å². The number of halogens is 2. The summed E-state index contributed by atoms with van der Waals surface area (Å²) in [5, 5.41) is 3.27. The molecule has 0 saturated carbocycles. The second kappa shape index (κ2) is 10.9. The molecule has 1 N–H and O–H groups in total. The summed E-state index contributed by atoms with van der Waals surface area (Å²) in [6.07, 6.45) is 0.495. The molecule has 1 heterocycles. The van der Waals surface area contributed by atoms with Gasteiger partial charge in [-0.2, -0.15) is 0 Å². The lowest BCUT2D eigenvalue weighted by molar-refractivity contribution is 0.171.